The molecule has 6 aliphatic rings. The Balaban J connectivity index is 0.767. The molecule has 60 heavy (non-hydrogen) atoms. The van der Waals surface area contributed by atoms with Crippen molar-refractivity contribution in [3.8, 4) is 0 Å². The number of carbonyl (C=O) groups is 5. The van der Waals surface area contributed by atoms with Crippen LogP contribution in [-0.4, -0.2) is 117 Å². The molecule has 6 aliphatic heterocycles. The zero-order valence-corrected chi connectivity index (χ0v) is 32.8. The molecule has 7 heterocycles. The van der Waals surface area contributed by atoms with Crippen molar-refractivity contribution in [2.24, 2.45) is 5.41 Å². The normalized spacial score (nSPS) is 24.0. The summed E-state index contributed by atoms with van der Waals surface area (Å²) in [5, 5.41) is 10.0. The molecule has 3 aromatic carbocycles. The van der Waals surface area contributed by atoms with E-state index in [1.54, 1.807) is 37.4 Å². The first kappa shape index (κ1) is 38.5. The van der Waals surface area contributed by atoms with E-state index in [0.717, 1.165) is 45.3 Å². The molecule has 4 aromatic rings. The summed E-state index contributed by atoms with van der Waals surface area (Å²) < 4.78 is 60.2. The van der Waals surface area contributed by atoms with Crippen molar-refractivity contribution in [1.82, 2.24) is 35.1 Å². The summed E-state index contributed by atoms with van der Waals surface area (Å²) in [7, 11) is 0. The van der Waals surface area contributed by atoms with Crippen molar-refractivity contribution in [2.45, 2.75) is 76.7 Å². The van der Waals surface area contributed by atoms with E-state index in [-0.39, 0.29) is 47.4 Å². The Bertz CT molecular complexity index is 2440. The number of hydrogen-bond acceptors (Lipinski definition) is 9. The van der Waals surface area contributed by atoms with Gasteiger partial charge in [0.05, 0.1) is 42.0 Å². The molecule has 312 valence electrons. The lowest BCUT2D eigenvalue weighted by Crippen LogP contribution is -2.61. The van der Waals surface area contributed by atoms with E-state index in [1.807, 2.05) is 14.7 Å². The van der Waals surface area contributed by atoms with E-state index in [0.29, 0.717) is 56.9 Å². The molecule has 0 bridgehead atoms. The summed E-state index contributed by atoms with van der Waals surface area (Å²) >= 11 is 0. The molecule has 0 saturated carbocycles. The summed E-state index contributed by atoms with van der Waals surface area (Å²) in [6.45, 7) is 4.35. The summed E-state index contributed by atoms with van der Waals surface area (Å²) in [5.41, 5.74) is 4.31. The van der Waals surface area contributed by atoms with Gasteiger partial charge >= 0.3 is 0 Å². The number of amides is 5. The number of alkyl halides is 2. The third-order valence-corrected chi connectivity index (χ3v) is 13.7. The second-order valence-electron chi connectivity index (χ2n) is 17.3. The van der Waals surface area contributed by atoms with E-state index >= 15 is 8.78 Å². The number of benzene rings is 3. The van der Waals surface area contributed by atoms with Gasteiger partial charge in [-0.05, 0) is 85.2 Å². The van der Waals surface area contributed by atoms with Crippen LogP contribution in [0.5, 0.6) is 0 Å². The van der Waals surface area contributed by atoms with Crippen LogP contribution < -0.4 is 10.2 Å². The molecule has 3 fully saturated rings. The number of hydrogen-bond donors (Lipinski definition) is 2. The highest BCUT2D eigenvalue weighted by atomic mass is 19.3. The van der Waals surface area contributed by atoms with Gasteiger partial charge in [0.2, 0.25) is 17.7 Å². The first-order chi connectivity index (χ1) is 28.8. The summed E-state index contributed by atoms with van der Waals surface area (Å²) in [6.07, 6.45) is 0.969. The average molecular weight is 827 g/mol. The third kappa shape index (κ3) is 6.26. The summed E-state index contributed by atoms with van der Waals surface area (Å²) in [6, 6.07) is 6.99. The Labute approximate surface area is 341 Å². The molecule has 3 atom stereocenters. The Hall–Kier alpha value is -5.68. The second-order valence-corrected chi connectivity index (χ2v) is 17.3. The van der Waals surface area contributed by atoms with Crippen LogP contribution >= 0.6 is 0 Å². The number of aromatic nitrogens is 2. The lowest BCUT2D eigenvalue weighted by atomic mass is 9.71. The fourth-order valence-electron chi connectivity index (χ4n) is 10.5. The molecule has 1 spiro atoms. The van der Waals surface area contributed by atoms with Crippen molar-refractivity contribution >= 4 is 46.1 Å². The number of likely N-dealkylation sites (tertiary alicyclic amines) is 1. The molecule has 2 N–H and O–H groups in total. The zero-order valence-electron chi connectivity index (χ0n) is 32.8. The van der Waals surface area contributed by atoms with E-state index in [2.05, 4.69) is 15.5 Å². The Morgan fingerprint density at radius 2 is 1.62 bits per heavy atom. The van der Waals surface area contributed by atoms with Gasteiger partial charge in [0.1, 0.15) is 17.7 Å². The van der Waals surface area contributed by atoms with Gasteiger partial charge in [-0.15, -0.1) is 0 Å². The standard InChI is InChI=1S/C43H42F4N8O5/c1-22-10-27-26(2-3-33-30(27)15-48-50-33)39(54(22)18-35(46)47)38-31(44)13-25(14-32(38)45)53-20-43(21-53)6-8-52(9-7-43)37(57)19-51-16-23-11-28-29(12-24(23)17-51)42(60)55(41(28)59)34-4-5-36(56)49-40(34)58/h2-3,11-15,22,34-35,39H,4-10,16-21H2,1H3,(H,48,50)(H,49,56,58)/t22-,34?,39+/m1/s1. The van der Waals surface area contributed by atoms with Crippen molar-refractivity contribution < 1.29 is 41.5 Å². The number of aromatic amines is 1. The number of nitrogens with one attached hydrogen (secondary N) is 2. The number of halogens is 4. The molecular weight excluding hydrogens is 785 g/mol. The van der Waals surface area contributed by atoms with E-state index in [4.69, 9.17) is 0 Å². The van der Waals surface area contributed by atoms with Gasteiger partial charge in [-0.3, -0.25) is 49.1 Å². The first-order valence-electron chi connectivity index (χ1n) is 20.4. The molecule has 3 saturated heterocycles. The first-order valence-corrected chi connectivity index (χ1v) is 20.4. The molecule has 10 rings (SSSR count). The SMILES string of the molecule is C[C@@H]1Cc2c(ccc3[nH]ncc23)[C@@H](c2c(F)cc(N3CC4(CCN(C(=O)CN5Cc6cc7c(cc6C5)C(=O)N(C5CCC(=O)NC5=O)C7=O)CC4)C3)cc2F)N1CC(F)F. The maximum absolute atomic E-state index is 16.2. The minimum Gasteiger partial charge on any atom is -0.370 e. The van der Waals surface area contributed by atoms with Gasteiger partial charge in [0, 0.05) is 73.8 Å². The Kier molecular flexibility index (Phi) is 9.13. The predicted octanol–water partition coefficient (Wildman–Crippen LogP) is 4.29. The molecule has 1 unspecified atom stereocenters. The number of nitrogens with zero attached hydrogens (tertiary/aromatic N) is 6. The highest BCUT2D eigenvalue weighted by Crippen LogP contribution is 2.46. The predicted molar refractivity (Wildman–Crippen MR) is 208 cm³/mol. The highest BCUT2D eigenvalue weighted by Gasteiger charge is 2.48. The number of fused-ring (bicyclic) bond motifs is 5. The number of carbonyl (C=O) groups excluding carboxylic acids is 5. The van der Waals surface area contributed by atoms with Gasteiger partial charge in [-0.2, -0.15) is 5.10 Å². The lowest BCUT2D eigenvalue weighted by molar-refractivity contribution is -0.137. The summed E-state index contributed by atoms with van der Waals surface area (Å²) in [5.74, 6) is -3.85. The minimum absolute atomic E-state index is 0.0368. The zero-order chi connectivity index (χ0) is 41.8. The van der Waals surface area contributed by atoms with Crippen LogP contribution in [0.3, 0.4) is 0 Å². The highest BCUT2D eigenvalue weighted by molar-refractivity contribution is 6.23. The van der Waals surface area contributed by atoms with Crippen molar-refractivity contribution in [2.75, 3.05) is 44.2 Å². The van der Waals surface area contributed by atoms with Crippen molar-refractivity contribution in [3.05, 3.63) is 93.2 Å². The van der Waals surface area contributed by atoms with Gasteiger partial charge < -0.3 is 9.80 Å². The van der Waals surface area contributed by atoms with Crippen LogP contribution in [0.25, 0.3) is 10.9 Å². The molecule has 1 aromatic heterocycles. The Morgan fingerprint density at radius 1 is 0.950 bits per heavy atom. The monoisotopic (exact) mass is 826 g/mol. The fourth-order valence-corrected chi connectivity index (χ4v) is 10.5. The van der Waals surface area contributed by atoms with E-state index < -0.39 is 66.4 Å². The van der Waals surface area contributed by atoms with Gasteiger partial charge in [-0.25, -0.2) is 17.6 Å². The van der Waals surface area contributed by atoms with E-state index in [9.17, 15) is 32.8 Å². The van der Waals surface area contributed by atoms with E-state index in [1.165, 1.54) is 17.0 Å². The largest absolute Gasteiger partial charge is 0.370 e. The molecule has 13 nitrogen and oxygen atoms in total. The van der Waals surface area contributed by atoms with Crippen molar-refractivity contribution in [3.63, 3.8) is 0 Å². The molecule has 17 heteroatoms. The number of rotatable bonds is 7. The number of imide groups is 2. The van der Waals surface area contributed by atoms with Gasteiger partial charge in [0.15, 0.2) is 0 Å². The second kappa shape index (κ2) is 14.2. The minimum atomic E-state index is -2.69. The summed E-state index contributed by atoms with van der Waals surface area (Å²) in [4.78, 5) is 72.3. The molecule has 0 radical (unpaired) electrons. The molecular formula is C43H42F4N8O5. The Morgan fingerprint density at radius 3 is 2.25 bits per heavy atom. The quantitative estimate of drug-likeness (QED) is 0.206. The average Bonchev–Trinajstić information content (AvgIpc) is 3.90. The topological polar surface area (TPSA) is 142 Å². The van der Waals surface area contributed by atoms with Crippen LogP contribution in [0.1, 0.15) is 87.2 Å². The van der Waals surface area contributed by atoms with Crippen LogP contribution in [-0.2, 0) is 33.9 Å². The van der Waals surface area contributed by atoms with Gasteiger partial charge in [0.25, 0.3) is 18.2 Å². The lowest BCUT2D eigenvalue weighted by Gasteiger charge is -2.55. The van der Waals surface area contributed by atoms with Gasteiger partial charge in [-0.1, -0.05) is 6.07 Å². The maximum atomic E-state index is 16.2. The molecule has 0 aliphatic carbocycles. The van der Waals surface area contributed by atoms with Crippen LogP contribution in [0.4, 0.5) is 23.2 Å². The third-order valence-electron chi connectivity index (χ3n) is 13.7. The fraction of sp³-hybridized carbons (Fsp3) is 0.442. The molecule has 5 amide bonds. The smallest absolute Gasteiger partial charge is 0.262 e. The van der Waals surface area contributed by atoms with Crippen LogP contribution in [0.2, 0.25) is 0 Å². The van der Waals surface area contributed by atoms with Crippen molar-refractivity contribution in [1.29, 1.82) is 0 Å². The van der Waals surface area contributed by atoms with Crippen LogP contribution in [0.15, 0.2) is 42.6 Å². The maximum Gasteiger partial charge on any atom is 0.262 e. The number of H-pyrrole nitrogens is 1. The number of piperidine rings is 2. The van der Waals surface area contributed by atoms with Crippen LogP contribution in [0, 0.1) is 17.0 Å². The number of anilines is 1.